The van der Waals surface area contributed by atoms with Crippen LogP contribution in [-0.4, -0.2) is 18.0 Å². The van der Waals surface area contributed by atoms with E-state index < -0.39 is 0 Å². The smallest absolute Gasteiger partial charge is 0.224 e. The van der Waals surface area contributed by atoms with Crippen molar-refractivity contribution in [3.8, 4) is 0 Å². The number of hydrogen-bond acceptors (Lipinski definition) is 2. The van der Waals surface area contributed by atoms with Crippen LogP contribution in [0.25, 0.3) is 0 Å². The highest BCUT2D eigenvalue weighted by Crippen LogP contribution is 2.47. The highest BCUT2D eigenvalue weighted by molar-refractivity contribution is 5.83. The first kappa shape index (κ1) is 14.1. The molecule has 0 bridgehead atoms. The van der Waals surface area contributed by atoms with E-state index in [-0.39, 0.29) is 17.4 Å². The summed E-state index contributed by atoms with van der Waals surface area (Å²) in [5.74, 6) is 0.734. The normalized spacial score (nSPS) is 24.6. The standard InChI is InChI=1S/C16H24N2O/c1-3-16(2,9-10-17)18-15(19)14-11-13(14)12-7-5-4-6-8-12/h4-8,13-14H,3,9-11,17H2,1-2H3,(H,18,19). The lowest BCUT2D eigenvalue weighted by molar-refractivity contribution is -0.124. The molecule has 1 aromatic rings. The van der Waals surface area contributed by atoms with Gasteiger partial charge in [0.1, 0.15) is 0 Å². The Hall–Kier alpha value is -1.35. The second kappa shape index (κ2) is 5.74. The minimum atomic E-state index is -0.157. The first-order chi connectivity index (χ1) is 9.09. The van der Waals surface area contributed by atoms with Gasteiger partial charge in [-0.3, -0.25) is 4.79 Å². The molecule has 3 atom stereocenters. The van der Waals surface area contributed by atoms with Crippen LogP contribution in [0, 0.1) is 5.92 Å². The van der Waals surface area contributed by atoms with Gasteiger partial charge in [0, 0.05) is 11.5 Å². The van der Waals surface area contributed by atoms with E-state index in [4.69, 9.17) is 5.73 Å². The zero-order chi connectivity index (χ0) is 13.9. The molecule has 0 aromatic heterocycles. The van der Waals surface area contributed by atoms with Gasteiger partial charge in [0.15, 0.2) is 0 Å². The molecule has 1 fully saturated rings. The van der Waals surface area contributed by atoms with Crippen molar-refractivity contribution >= 4 is 5.91 Å². The Morgan fingerprint density at radius 1 is 1.42 bits per heavy atom. The maximum absolute atomic E-state index is 12.3. The van der Waals surface area contributed by atoms with Gasteiger partial charge >= 0.3 is 0 Å². The molecular formula is C16H24N2O. The first-order valence-corrected chi connectivity index (χ1v) is 7.16. The third-order valence-corrected chi connectivity index (χ3v) is 4.26. The highest BCUT2D eigenvalue weighted by Gasteiger charge is 2.45. The molecule has 3 N–H and O–H groups in total. The van der Waals surface area contributed by atoms with E-state index in [2.05, 4.69) is 31.3 Å². The van der Waals surface area contributed by atoms with Gasteiger partial charge in [-0.1, -0.05) is 37.3 Å². The summed E-state index contributed by atoms with van der Waals surface area (Å²) in [4.78, 5) is 12.3. The molecule has 3 heteroatoms. The minimum Gasteiger partial charge on any atom is -0.351 e. The molecule has 3 nitrogen and oxygen atoms in total. The van der Waals surface area contributed by atoms with Gasteiger partial charge in [0.05, 0.1) is 0 Å². The minimum absolute atomic E-state index is 0.144. The van der Waals surface area contributed by atoms with E-state index in [1.165, 1.54) is 5.56 Å². The highest BCUT2D eigenvalue weighted by atomic mass is 16.2. The van der Waals surface area contributed by atoms with Crippen LogP contribution in [0.4, 0.5) is 0 Å². The summed E-state index contributed by atoms with van der Waals surface area (Å²) in [7, 11) is 0. The number of nitrogens with one attached hydrogen (secondary N) is 1. The lowest BCUT2D eigenvalue weighted by Gasteiger charge is -2.29. The Bertz CT molecular complexity index is 432. The summed E-state index contributed by atoms with van der Waals surface area (Å²) in [6, 6.07) is 10.3. The fourth-order valence-corrected chi connectivity index (χ4v) is 2.59. The average molecular weight is 260 g/mol. The molecule has 0 spiro atoms. The van der Waals surface area contributed by atoms with E-state index in [0.717, 1.165) is 19.3 Å². The number of carbonyl (C=O) groups excluding carboxylic acids is 1. The summed E-state index contributed by atoms with van der Waals surface area (Å²) in [6.07, 6.45) is 2.72. The number of nitrogens with two attached hydrogens (primary N) is 1. The summed E-state index contributed by atoms with van der Waals surface area (Å²) in [6.45, 7) is 4.78. The fourth-order valence-electron chi connectivity index (χ4n) is 2.59. The van der Waals surface area contributed by atoms with E-state index >= 15 is 0 Å². The Kier molecular flexibility index (Phi) is 4.25. The van der Waals surface area contributed by atoms with Crippen molar-refractivity contribution < 1.29 is 4.79 Å². The predicted molar refractivity (Wildman–Crippen MR) is 77.8 cm³/mol. The van der Waals surface area contributed by atoms with Crippen molar-refractivity contribution in [1.29, 1.82) is 0 Å². The molecule has 3 unspecified atom stereocenters. The maximum Gasteiger partial charge on any atom is 0.224 e. The summed E-state index contributed by atoms with van der Waals surface area (Å²) in [5.41, 5.74) is 6.75. The van der Waals surface area contributed by atoms with Gasteiger partial charge < -0.3 is 11.1 Å². The molecule has 2 rings (SSSR count). The number of hydrogen-bond donors (Lipinski definition) is 2. The third-order valence-electron chi connectivity index (χ3n) is 4.26. The number of benzene rings is 1. The summed E-state index contributed by atoms with van der Waals surface area (Å²) < 4.78 is 0. The maximum atomic E-state index is 12.3. The molecule has 0 radical (unpaired) electrons. The molecule has 1 aromatic carbocycles. The van der Waals surface area contributed by atoms with Gasteiger partial charge in [-0.2, -0.15) is 0 Å². The van der Waals surface area contributed by atoms with E-state index in [1.54, 1.807) is 0 Å². The Morgan fingerprint density at radius 3 is 2.68 bits per heavy atom. The predicted octanol–water partition coefficient (Wildman–Crippen LogP) is 2.42. The van der Waals surface area contributed by atoms with Crippen molar-refractivity contribution in [2.24, 2.45) is 11.7 Å². The molecule has 104 valence electrons. The van der Waals surface area contributed by atoms with Crippen molar-refractivity contribution in [2.75, 3.05) is 6.54 Å². The van der Waals surface area contributed by atoms with Gasteiger partial charge in [-0.25, -0.2) is 0 Å². The lowest BCUT2D eigenvalue weighted by atomic mass is 9.94. The van der Waals surface area contributed by atoms with Crippen LogP contribution in [0.5, 0.6) is 0 Å². The molecule has 1 aliphatic rings. The van der Waals surface area contributed by atoms with Crippen molar-refractivity contribution in [2.45, 2.75) is 44.6 Å². The number of amides is 1. The molecule has 1 amide bonds. The molecule has 1 aliphatic carbocycles. The molecule has 19 heavy (non-hydrogen) atoms. The van der Waals surface area contributed by atoms with Crippen LogP contribution < -0.4 is 11.1 Å². The van der Waals surface area contributed by atoms with Gasteiger partial charge in [0.2, 0.25) is 5.91 Å². The summed E-state index contributed by atoms with van der Waals surface area (Å²) >= 11 is 0. The topological polar surface area (TPSA) is 55.1 Å². The van der Waals surface area contributed by atoms with Gasteiger partial charge in [-0.15, -0.1) is 0 Å². The van der Waals surface area contributed by atoms with Crippen LogP contribution in [0.3, 0.4) is 0 Å². The summed E-state index contributed by atoms with van der Waals surface area (Å²) in [5, 5.41) is 3.19. The Balaban J connectivity index is 1.93. The third kappa shape index (κ3) is 3.35. The fraction of sp³-hybridized carbons (Fsp3) is 0.562. The molecule has 0 heterocycles. The molecular weight excluding hydrogens is 236 g/mol. The zero-order valence-electron chi connectivity index (χ0n) is 11.9. The first-order valence-electron chi connectivity index (χ1n) is 7.16. The molecule has 1 saturated carbocycles. The largest absolute Gasteiger partial charge is 0.351 e. The molecule has 0 aliphatic heterocycles. The van der Waals surface area contributed by atoms with Crippen molar-refractivity contribution in [3.63, 3.8) is 0 Å². The van der Waals surface area contributed by atoms with Crippen LogP contribution in [0.15, 0.2) is 30.3 Å². The van der Waals surface area contributed by atoms with Gasteiger partial charge in [0.25, 0.3) is 0 Å². The van der Waals surface area contributed by atoms with Crippen LogP contribution in [0.1, 0.15) is 44.6 Å². The van der Waals surface area contributed by atoms with Crippen LogP contribution in [-0.2, 0) is 4.79 Å². The Labute approximate surface area is 115 Å². The zero-order valence-corrected chi connectivity index (χ0v) is 11.9. The monoisotopic (exact) mass is 260 g/mol. The SMILES string of the molecule is CCC(C)(CCN)NC(=O)C1CC1c1ccccc1. The van der Waals surface area contributed by atoms with E-state index in [9.17, 15) is 4.79 Å². The van der Waals surface area contributed by atoms with Crippen LogP contribution in [0.2, 0.25) is 0 Å². The number of carbonyl (C=O) groups is 1. The van der Waals surface area contributed by atoms with E-state index in [0.29, 0.717) is 12.5 Å². The lowest BCUT2D eigenvalue weighted by Crippen LogP contribution is -2.47. The van der Waals surface area contributed by atoms with Gasteiger partial charge in [-0.05, 0) is 44.2 Å². The second-order valence-corrected chi connectivity index (χ2v) is 5.80. The van der Waals surface area contributed by atoms with Crippen molar-refractivity contribution in [1.82, 2.24) is 5.32 Å². The van der Waals surface area contributed by atoms with Crippen molar-refractivity contribution in [3.05, 3.63) is 35.9 Å². The van der Waals surface area contributed by atoms with E-state index in [1.807, 2.05) is 18.2 Å². The Morgan fingerprint density at radius 2 is 2.11 bits per heavy atom. The van der Waals surface area contributed by atoms with Crippen LogP contribution >= 0.6 is 0 Å². The molecule has 0 saturated heterocycles. The number of rotatable bonds is 6. The average Bonchev–Trinajstić information content (AvgIpc) is 3.20. The second-order valence-electron chi connectivity index (χ2n) is 5.80. The quantitative estimate of drug-likeness (QED) is 0.825.